The Balaban J connectivity index is 1.51. The van der Waals surface area contributed by atoms with E-state index in [0.29, 0.717) is 12.0 Å². The van der Waals surface area contributed by atoms with E-state index in [1.807, 2.05) is 6.92 Å². The van der Waals surface area contributed by atoms with Gasteiger partial charge in [0.15, 0.2) is 0 Å². The highest BCUT2D eigenvalue weighted by atomic mass is 19.1. The minimum Gasteiger partial charge on any atom is -0.206 e. The van der Waals surface area contributed by atoms with E-state index in [0.717, 1.165) is 44.4 Å². The smallest absolute Gasteiger partial charge is 0.142 e. The van der Waals surface area contributed by atoms with Crippen molar-refractivity contribution in [1.82, 2.24) is 0 Å². The van der Waals surface area contributed by atoms with Gasteiger partial charge in [0, 0.05) is 5.92 Å². The van der Waals surface area contributed by atoms with Gasteiger partial charge in [-0.25, -0.2) is 8.78 Å². The molecule has 1 saturated carbocycles. The van der Waals surface area contributed by atoms with Crippen LogP contribution in [0.4, 0.5) is 8.78 Å². The van der Waals surface area contributed by atoms with Crippen molar-refractivity contribution in [2.45, 2.75) is 65.2 Å². The summed E-state index contributed by atoms with van der Waals surface area (Å²) in [6, 6.07) is 11.7. The second-order valence-electron chi connectivity index (χ2n) is 8.20. The highest BCUT2D eigenvalue weighted by Crippen LogP contribution is 2.31. The molecule has 28 heavy (non-hydrogen) atoms. The van der Waals surface area contributed by atoms with Gasteiger partial charge in [0.1, 0.15) is 11.6 Å². The molecule has 0 radical (unpaired) electrons. The van der Waals surface area contributed by atoms with Gasteiger partial charge in [-0.05, 0) is 81.0 Å². The molecule has 148 valence electrons. The second kappa shape index (κ2) is 9.87. The summed E-state index contributed by atoms with van der Waals surface area (Å²) in [7, 11) is 0. The molecule has 0 aromatic heterocycles. The van der Waals surface area contributed by atoms with E-state index < -0.39 is 11.6 Å². The summed E-state index contributed by atoms with van der Waals surface area (Å²) >= 11 is 0. The summed E-state index contributed by atoms with van der Waals surface area (Å²) in [5.74, 6) is 5.88. The van der Waals surface area contributed by atoms with Crippen molar-refractivity contribution < 1.29 is 8.78 Å². The fourth-order valence-corrected chi connectivity index (χ4v) is 4.07. The normalized spacial score (nSPS) is 19.1. The van der Waals surface area contributed by atoms with Gasteiger partial charge in [0.05, 0.1) is 5.56 Å². The molecule has 0 saturated heterocycles. The summed E-state index contributed by atoms with van der Waals surface area (Å²) in [6.07, 6.45) is 8.28. The van der Waals surface area contributed by atoms with Gasteiger partial charge in [-0.15, -0.1) is 0 Å². The molecule has 0 atom stereocenters. The molecule has 0 nitrogen and oxygen atoms in total. The van der Waals surface area contributed by atoms with Crippen molar-refractivity contribution in [3.8, 4) is 11.8 Å². The maximum atomic E-state index is 14.2. The van der Waals surface area contributed by atoms with Crippen molar-refractivity contribution in [3.05, 3.63) is 70.3 Å². The number of aryl methyl sites for hydroxylation is 3. The fourth-order valence-electron chi connectivity index (χ4n) is 4.07. The molecule has 0 unspecified atom stereocenters. The Bertz CT molecular complexity index is 808. The molecular formula is C26H30F2. The van der Waals surface area contributed by atoms with Gasteiger partial charge in [0.2, 0.25) is 0 Å². The average Bonchev–Trinajstić information content (AvgIpc) is 2.68. The number of hydrogen-bond donors (Lipinski definition) is 0. The first-order valence-electron chi connectivity index (χ1n) is 10.6. The van der Waals surface area contributed by atoms with Crippen LogP contribution in [-0.2, 0) is 12.8 Å². The van der Waals surface area contributed by atoms with E-state index in [4.69, 9.17) is 0 Å². The van der Waals surface area contributed by atoms with Crippen molar-refractivity contribution in [3.63, 3.8) is 0 Å². The van der Waals surface area contributed by atoms with Crippen molar-refractivity contribution in [1.29, 1.82) is 0 Å². The molecule has 0 amide bonds. The van der Waals surface area contributed by atoms with Gasteiger partial charge in [-0.2, -0.15) is 0 Å². The maximum Gasteiger partial charge on any atom is 0.142 e. The molecule has 0 N–H and O–H groups in total. The summed E-state index contributed by atoms with van der Waals surface area (Å²) in [5, 5.41) is 0. The zero-order chi connectivity index (χ0) is 19.9. The van der Waals surface area contributed by atoms with Crippen molar-refractivity contribution in [2.24, 2.45) is 11.8 Å². The lowest BCUT2D eigenvalue weighted by Gasteiger charge is -2.25. The van der Waals surface area contributed by atoms with Crippen LogP contribution in [0.5, 0.6) is 0 Å². The number of hydrogen-bond acceptors (Lipinski definition) is 0. The highest BCUT2D eigenvalue weighted by Gasteiger charge is 2.20. The zero-order valence-corrected chi connectivity index (χ0v) is 17.0. The summed E-state index contributed by atoms with van der Waals surface area (Å²) in [6.45, 7) is 4.12. The Hall–Kier alpha value is -2.14. The third kappa shape index (κ3) is 5.68. The molecule has 0 spiro atoms. The predicted octanol–water partition coefficient (Wildman–Crippen LogP) is 7.02. The molecule has 1 fully saturated rings. The van der Waals surface area contributed by atoms with Crippen LogP contribution in [0.1, 0.15) is 67.7 Å². The minimum absolute atomic E-state index is 0.0682. The Morgan fingerprint density at radius 1 is 0.893 bits per heavy atom. The Morgan fingerprint density at radius 3 is 2.14 bits per heavy atom. The monoisotopic (exact) mass is 380 g/mol. The lowest BCUT2D eigenvalue weighted by Crippen LogP contribution is -2.14. The van der Waals surface area contributed by atoms with Crippen LogP contribution < -0.4 is 0 Å². The maximum absolute atomic E-state index is 14.2. The Labute approximate surface area is 168 Å². The zero-order valence-electron chi connectivity index (χ0n) is 17.0. The molecule has 0 aliphatic heterocycles. The summed E-state index contributed by atoms with van der Waals surface area (Å²) in [5.41, 5.74) is 3.35. The molecule has 1 aliphatic rings. The minimum atomic E-state index is -0.525. The van der Waals surface area contributed by atoms with Gasteiger partial charge in [0.25, 0.3) is 0 Å². The van der Waals surface area contributed by atoms with Crippen LogP contribution in [0.3, 0.4) is 0 Å². The van der Waals surface area contributed by atoms with Crippen LogP contribution in [0.25, 0.3) is 0 Å². The third-order valence-electron chi connectivity index (χ3n) is 5.85. The van der Waals surface area contributed by atoms with E-state index in [2.05, 4.69) is 43.0 Å². The highest BCUT2D eigenvalue weighted by molar-refractivity contribution is 5.39. The number of halogens is 2. The van der Waals surface area contributed by atoms with Crippen LogP contribution in [0, 0.1) is 42.2 Å². The first-order valence-corrected chi connectivity index (χ1v) is 10.6. The van der Waals surface area contributed by atoms with E-state index in [9.17, 15) is 8.78 Å². The summed E-state index contributed by atoms with van der Waals surface area (Å²) in [4.78, 5) is 0. The quantitative estimate of drug-likeness (QED) is 0.489. The van der Waals surface area contributed by atoms with Crippen molar-refractivity contribution in [2.75, 3.05) is 0 Å². The molecule has 2 aromatic rings. The van der Waals surface area contributed by atoms with E-state index in [1.54, 1.807) is 0 Å². The van der Waals surface area contributed by atoms with Crippen LogP contribution in [0.2, 0.25) is 0 Å². The van der Waals surface area contributed by atoms with Gasteiger partial charge < -0.3 is 0 Å². The van der Waals surface area contributed by atoms with E-state index in [1.165, 1.54) is 29.7 Å². The molecular weight excluding hydrogens is 350 g/mol. The third-order valence-corrected chi connectivity index (χ3v) is 5.85. The lowest BCUT2D eigenvalue weighted by molar-refractivity contribution is 0.302. The average molecular weight is 381 g/mol. The SMILES string of the molecule is CCCc1cc(F)c(C#CC2CCC(CCc3ccc(C)cc3)CC2)c(F)c1. The lowest BCUT2D eigenvalue weighted by atomic mass is 9.79. The molecule has 0 heterocycles. The molecule has 3 rings (SSSR count). The molecule has 0 bridgehead atoms. The van der Waals surface area contributed by atoms with Gasteiger partial charge in [-0.1, -0.05) is 55.0 Å². The second-order valence-corrected chi connectivity index (χ2v) is 8.20. The van der Waals surface area contributed by atoms with Crippen LogP contribution in [0.15, 0.2) is 36.4 Å². The largest absolute Gasteiger partial charge is 0.206 e. The first-order chi connectivity index (χ1) is 13.5. The number of rotatable bonds is 5. The van der Waals surface area contributed by atoms with E-state index in [-0.39, 0.29) is 11.5 Å². The van der Waals surface area contributed by atoms with Crippen molar-refractivity contribution >= 4 is 0 Å². The standard InChI is InChI=1S/C26H30F2/c1-3-4-23-17-25(27)24(26(28)18-23)16-15-22-13-11-21(12-14-22)10-9-20-7-5-19(2)6-8-20/h5-8,17-18,21-22H,3-4,9-14H2,1-2H3. The molecule has 2 heteroatoms. The topological polar surface area (TPSA) is 0 Å². The Kier molecular flexibility index (Phi) is 7.26. The number of benzene rings is 2. The van der Waals surface area contributed by atoms with Crippen LogP contribution in [-0.4, -0.2) is 0 Å². The molecule has 2 aromatic carbocycles. The van der Waals surface area contributed by atoms with Gasteiger partial charge >= 0.3 is 0 Å². The fraction of sp³-hybridized carbons (Fsp3) is 0.462. The predicted molar refractivity (Wildman–Crippen MR) is 112 cm³/mol. The van der Waals surface area contributed by atoms with E-state index >= 15 is 0 Å². The van der Waals surface area contributed by atoms with Crippen LogP contribution >= 0.6 is 0 Å². The first kappa shape index (κ1) is 20.6. The summed E-state index contributed by atoms with van der Waals surface area (Å²) < 4.78 is 28.4. The Morgan fingerprint density at radius 2 is 1.54 bits per heavy atom. The molecule has 1 aliphatic carbocycles. The van der Waals surface area contributed by atoms with Gasteiger partial charge in [-0.3, -0.25) is 0 Å².